The predicted molar refractivity (Wildman–Crippen MR) is 118 cm³/mol. The zero-order valence-electron chi connectivity index (χ0n) is 16.9. The first-order valence-corrected chi connectivity index (χ1v) is 11.6. The van der Waals surface area contributed by atoms with E-state index in [1.54, 1.807) is 12.1 Å². The van der Waals surface area contributed by atoms with Crippen LogP contribution in [0.15, 0.2) is 79.5 Å². The number of hydrogen-bond acceptors (Lipinski definition) is 5. The second-order valence-electron chi connectivity index (χ2n) is 7.18. The lowest BCUT2D eigenvalue weighted by molar-refractivity contribution is 0.0909. The monoisotopic (exact) mass is 490 g/mol. The SMILES string of the molecule is Cc1ccc(C(CNC(=O)c2ccc(S(=O)(=O)c3ccc(Br)cc3)o2)N(C)C)cc1. The van der Waals surface area contributed by atoms with Crippen molar-refractivity contribution in [2.75, 3.05) is 20.6 Å². The molecule has 1 atom stereocenters. The summed E-state index contributed by atoms with van der Waals surface area (Å²) in [5.41, 5.74) is 2.24. The summed E-state index contributed by atoms with van der Waals surface area (Å²) in [4.78, 5) is 14.7. The largest absolute Gasteiger partial charge is 0.439 e. The van der Waals surface area contributed by atoms with Crippen molar-refractivity contribution in [2.24, 2.45) is 0 Å². The normalized spacial score (nSPS) is 12.7. The molecule has 1 N–H and O–H groups in total. The van der Waals surface area contributed by atoms with Gasteiger partial charge in [-0.15, -0.1) is 0 Å². The van der Waals surface area contributed by atoms with Gasteiger partial charge >= 0.3 is 0 Å². The highest BCUT2D eigenvalue weighted by atomic mass is 79.9. The average molecular weight is 491 g/mol. The number of sulfone groups is 1. The van der Waals surface area contributed by atoms with E-state index in [1.165, 1.54) is 24.3 Å². The first-order valence-electron chi connectivity index (χ1n) is 9.30. The molecular formula is C22H23BrN2O4S. The molecule has 0 aliphatic carbocycles. The third kappa shape index (κ3) is 5.00. The first-order chi connectivity index (χ1) is 14.2. The van der Waals surface area contributed by atoms with Crippen LogP contribution >= 0.6 is 15.9 Å². The zero-order chi connectivity index (χ0) is 21.9. The Morgan fingerprint density at radius 1 is 1.03 bits per heavy atom. The lowest BCUT2D eigenvalue weighted by Crippen LogP contribution is -2.34. The second-order valence-corrected chi connectivity index (χ2v) is 9.97. The van der Waals surface area contributed by atoms with Gasteiger partial charge < -0.3 is 14.6 Å². The van der Waals surface area contributed by atoms with Crippen molar-refractivity contribution in [1.29, 1.82) is 0 Å². The summed E-state index contributed by atoms with van der Waals surface area (Å²) in [5.74, 6) is -0.515. The highest BCUT2D eigenvalue weighted by Gasteiger charge is 2.24. The lowest BCUT2D eigenvalue weighted by atomic mass is 10.0. The molecule has 1 aromatic heterocycles. The molecule has 1 heterocycles. The van der Waals surface area contributed by atoms with E-state index in [0.717, 1.165) is 15.6 Å². The molecule has 2 aromatic carbocycles. The minimum Gasteiger partial charge on any atom is -0.439 e. The average Bonchev–Trinajstić information content (AvgIpc) is 3.21. The minimum absolute atomic E-state index is 0.0320. The number of nitrogens with zero attached hydrogens (tertiary/aromatic N) is 1. The van der Waals surface area contributed by atoms with Crippen LogP contribution < -0.4 is 5.32 Å². The first kappa shape index (κ1) is 22.3. The molecular weight excluding hydrogens is 468 g/mol. The molecule has 0 fully saturated rings. The lowest BCUT2D eigenvalue weighted by Gasteiger charge is -2.25. The molecule has 3 rings (SSSR count). The van der Waals surface area contributed by atoms with E-state index >= 15 is 0 Å². The molecule has 1 amide bonds. The summed E-state index contributed by atoms with van der Waals surface area (Å²) in [6, 6.07) is 17.0. The summed E-state index contributed by atoms with van der Waals surface area (Å²) >= 11 is 3.28. The number of carbonyl (C=O) groups is 1. The van der Waals surface area contributed by atoms with E-state index < -0.39 is 15.7 Å². The number of halogens is 1. The molecule has 6 nitrogen and oxygen atoms in total. The Kier molecular flexibility index (Phi) is 6.80. The predicted octanol–water partition coefficient (Wildman–Crippen LogP) is 4.22. The van der Waals surface area contributed by atoms with Gasteiger partial charge in [-0.1, -0.05) is 45.8 Å². The molecule has 1 unspecified atom stereocenters. The van der Waals surface area contributed by atoms with Crippen molar-refractivity contribution in [2.45, 2.75) is 23.0 Å². The standard InChI is InChI=1S/C22H23BrN2O4S/c1-15-4-6-16(7-5-15)19(25(2)3)14-24-22(26)20-12-13-21(29-20)30(27,28)18-10-8-17(23)9-11-18/h4-13,19H,14H2,1-3H3,(H,24,26). The number of nitrogens with one attached hydrogen (secondary N) is 1. The Labute approximate surface area is 184 Å². The molecule has 0 bridgehead atoms. The number of likely N-dealkylation sites (N-methyl/N-ethyl adjacent to an activating group) is 1. The topological polar surface area (TPSA) is 79.6 Å². The van der Waals surface area contributed by atoms with Crippen molar-refractivity contribution >= 4 is 31.7 Å². The smallest absolute Gasteiger partial charge is 0.287 e. The van der Waals surface area contributed by atoms with Gasteiger partial charge in [0.05, 0.1) is 10.9 Å². The third-order valence-electron chi connectivity index (χ3n) is 4.74. The maximum atomic E-state index is 12.7. The molecule has 30 heavy (non-hydrogen) atoms. The van der Waals surface area contributed by atoms with Gasteiger partial charge in [-0.25, -0.2) is 8.42 Å². The van der Waals surface area contributed by atoms with Crippen LogP contribution in [0.4, 0.5) is 0 Å². The number of benzene rings is 2. The van der Waals surface area contributed by atoms with Crippen LogP contribution in [-0.2, 0) is 9.84 Å². The summed E-state index contributed by atoms with van der Waals surface area (Å²) in [6.45, 7) is 2.37. The van der Waals surface area contributed by atoms with Crippen LogP contribution in [-0.4, -0.2) is 39.9 Å². The Hall–Kier alpha value is -2.42. The minimum atomic E-state index is -3.84. The van der Waals surface area contributed by atoms with Crippen LogP contribution in [0.2, 0.25) is 0 Å². The number of amides is 1. The zero-order valence-corrected chi connectivity index (χ0v) is 19.3. The highest BCUT2D eigenvalue weighted by molar-refractivity contribution is 9.10. The highest BCUT2D eigenvalue weighted by Crippen LogP contribution is 2.24. The molecule has 0 spiro atoms. The van der Waals surface area contributed by atoms with Gasteiger partial charge in [0.1, 0.15) is 0 Å². The van der Waals surface area contributed by atoms with E-state index in [2.05, 4.69) is 21.2 Å². The van der Waals surface area contributed by atoms with E-state index in [1.807, 2.05) is 50.2 Å². The fourth-order valence-electron chi connectivity index (χ4n) is 2.98. The summed E-state index contributed by atoms with van der Waals surface area (Å²) in [6.07, 6.45) is 0. The van der Waals surface area contributed by atoms with Gasteiger partial charge in [0.15, 0.2) is 5.76 Å². The Balaban J connectivity index is 1.73. The summed E-state index contributed by atoms with van der Waals surface area (Å²) in [5, 5.41) is 2.56. The molecule has 0 radical (unpaired) electrons. The fraction of sp³-hybridized carbons (Fsp3) is 0.227. The van der Waals surface area contributed by atoms with Crippen LogP contribution in [0.5, 0.6) is 0 Å². The van der Waals surface area contributed by atoms with Gasteiger partial charge in [0, 0.05) is 11.0 Å². The van der Waals surface area contributed by atoms with Gasteiger partial charge in [0.25, 0.3) is 5.91 Å². The van der Waals surface area contributed by atoms with E-state index in [4.69, 9.17) is 4.42 Å². The molecule has 158 valence electrons. The summed E-state index contributed by atoms with van der Waals surface area (Å²) in [7, 11) is 0.0380. The van der Waals surface area contributed by atoms with E-state index in [-0.39, 0.29) is 21.8 Å². The maximum absolute atomic E-state index is 12.7. The van der Waals surface area contributed by atoms with E-state index in [9.17, 15) is 13.2 Å². The molecule has 0 aliphatic heterocycles. The second kappa shape index (κ2) is 9.16. The maximum Gasteiger partial charge on any atom is 0.287 e. The molecule has 0 aliphatic rings. The van der Waals surface area contributed by atoms with Gasteiger partial charge in [-0.2, -0.15) is 0 Å². The van der Waals surface area contributed by atoms with E-state index in [0.29, 0.717) is 6.54 Å². The number of rotatable bonds is 7. The van der Waals surface area contributed by atoms with Crippen molar-refractivity contribution in [1.82, 2.24) is 10.2 Å². The number of aryl methyl sites for hydroxylation is 1. The van der Waals surface area contributed by atoms with Crippen LogP contribution in [0.1, 0.15) is 27.7 Å². The number of carbonyl (C=O) groups excluding carboxylic acids is 1. The summed E-state index contributed by atoms with van der Waals surface area (Å²) < 4.78 is 31.6. The molecule has 0 saturated carbocycles. The molecule has 0 saturated heterocycles. The number of hydrogen-bond donors (Lipinski definition) is 1. The molecule has 8 heteroatoms. The van der Waals surface area contributed by atoms with Crippen LogP contribution in [0, 0.1) is 6.92 Å². The van der Waals surface area contributed by atoms with Gasteiger partial charge in [-0.3, -0.25) is 4.79 Å². The number of furan rings is 1. The molecule has 3 aromatic rings. The van der Waals surface area contributed by atoms with Crippen molar-refractivity contribution in [3.63, 3.8) is 0 Å². The van der Waals surface area contributed by atoms with Crippen molar-refractivity contribution < 1.29 is 17.6 Å². The van der Waals surface area contributed by atoms with Crippen LogP contribution in [0.3, 0.4) is 0 Å². The van der Waals surface area contributed by atoms with Gasteiger partial charge in [0.2, 0.25) is 14.9 Å². The van der Waals surface area contributed by atoms with Crippen molar-refractivity contribution in [3.05, 3.63) is 82.0 Å². The van der Waals surface area contributed by atoms with Gasteiger partial charge in [-0.05, 0) is 63.0 Å². The third-order valence-corrected chi connectivity index (χ3v) is 6.91. The van der Waals surface area contributed by atoms with Crippen LogP contribution in [0.25, 0.3) is 0 Å². The Bertz CT molecular complexity index is 1120. The Morgan fingerprint density at radius 3 is 2.27 bits per heavy atom. The van der Waals surface area contributed by atoms with Crippen molar-refractivity contribution in [3.8, 4) is 0 Å². The quantitative estimate of drug-likeness (QED) is 0.536. The fourth-order valence-corrected chi connectivity index (χ4v) is 4.42. The Morgan fingerprint density at radius 2 is 1.67 bits per heavy atom.